The van der Waals surface area contributed by atoms with Gasteiger partial charge in [0.2, 0.25) is 0 Å². The van der Waals surface area contributed by atoms with Crippen molar-refractivity contribution in [3.05, 3.63) is 0 Å². The van der Waals surface area contributed by atoms with Gasteiger partial charge >= 0.3 is 0 Å². The Balaban J connectivity index is 2.52. The minimum Gasteiger partial charge on any atom is -0.393 e. The van der Waals surface area contributed by atoms with Crippen LogP contribution in [-0.4, -0.2) is 17.8 Å². The number of hydrogen-bond donors (Lipinski definition) is 2. The SMILES string of the molecule is C[C@@H](O)[C@]1(CN)C[C@@H]1C. The largest absolute Gasteiger partial charge is 0.393 e. The third-order valence-electron chi connectivity index (χ3n) is 2.72. The molecule has 0 amide bonds. The maximum absolute atomic E-state index is 9.23. The summed E-state index contributed by atoms with van der Waals surface area (Å²) in [5.74, 6) is 0.627. The first-order chi connectivity index (χ1) is 4.13. The van der Waals surface area contributed by atoms with Crippen LogP contribution in [0.2, 0.25) is 0 Å². The summed E-state index contributed by atoms with van der Waals surface area (Å²) in [6.45, 7) is 4.60. The molecular formula is C7H15NO. The topological polar surface area (TPSA) is 46.2 Å². The molecule has 2 nitrogen and oxygen atoms in total. The lowest BCUT2D eigenvalue weighted by Crippen LogP contribution is -2.28. The van der Waals surface area contributed by atoms with Crippen molar-refractivity contribution >= 4 is 0 Å². The van der Waals surface area contributed by atoms with Gasteiger partial charge in [-0.3, -0.25) is 0 Å². The second kappa shape index (κ2) is 1.96. The number of aliphatic hydroxyl groups is 1. The smallest absolute Gasteiger partial charge is 0.0583 e. The average molecular weight is 129 g/mol. The Morgan fingerprint density at radius 2 is 2.33 bits per heavy atom. The molecule has 1 saturated carbocycles. The molecule has 0 bridgehead atoms. The van der Waals surface area contributed by atoms with E-state index in [-0.39, 0.29) is 11.5 Å². The number of nitrogens with two attached hydrogens (primary N) is 1. The lowest BCUT2D eigenvalue weighted by Gasteiger charge is -2.16. The molecule has 0 radical (unpaired) electrons. The fourth-order valence-corrected chi connectivity index (χ4v) is 1.55. The van der Waals surface area contributed by atoms with Gasteiger partial charge in [-0.15, -0.1) is 0 Å². The van der Waals surface area contributed by atoms with E-state index in [4.69, 9.17) is 5.73 Å². The summed E-state index contributed by atoms with van der Waals surface area (Å²) in [6, 6.07) is 0. The fourth-order valence-electron chi connectivity index (χ4n) is 1.55. The van der Waals surface area contributed by atoms with Crippen LogP contribution >= 0.6 is 0 Å². The minimum absolute atomic E-state index is 0.0833. The summed E-state index contributed by atoms with van der Waals surface area (Å²) in [7, 11) is 0. The predicted octanol–water partition coefficient (Wildman–Crippen LogP) is 0.352. The monoisotopic (exact) mass is 129 g/mol. The van der Waals surface area contributed by atoms with E-state index in [2.05, 4.69) is 6.92 Å². The van der Waals surface area contributed by atoms with Crippen LogP contribution < -0.4 is 5.73 Å². The molecule has 1 fully saturated rings. The molecule has 3 N–H and O–H groups in total. The quantitative estimate of drug-likeness (QED) is 0.565. The maximum atomic E-state index is 9.23. The molecule has 0 aromatic rings. The number of rotatable bonds is 2. The van der Waals surface area contributed by atoms with E-state index in [1.165, 1.54) is 0 Å². The second-order valence-electron chi connectivity index (χ2n) is 3.22. The van der Waals surface area contributed by atoms with Gasteiger partial charge in [-0.05, 0) is 19.3 Å². The zero-order chi connectivity index (χ0) is 7.07. The van der Waals surface area contributed by atoms with Crippen LogP contribution in [0.15, 0.2) is 0 Å². The molecule has 0 saturated heterocycles. The molecule has 0 aromatic heterocycles. The van der Waals surface area contributed by atoms with Crippen molar-refractivity contribution in [2.75, 3.05) is 6.54 Å². The Morgan fingerprint density at radius 3 is 2.33 bits per heavy atom. The zero-order valence-electron chi connectivity index (χ0n) is 6.09. The highest BCUT2D eigenvalue weighted by atomic mass is 16.3. The molecule has 1 aliphatic carbocycles. The molecule has 54 valence electrons. The van der Waals surface area contributed by atoms with Crippen LogP contribution in [-0.2, 0) is 0 Å². The zero-order valence-corrected chi connectivity index (χ0v) is 6.09. The normalized spacial score (nSPS) is 44.7. The van der Waals surface area contributed by atoms with Crippen LogP contribution in [0.3, 0.4) is 0 Å². The van der Waals surface area contributed by atoms with E-state index in [9.17, 15) is 5.11 Å². The van der Waals surface area contributed by atoms with Gasteiger partial charge in [0.25, 0.3) is 0 Å². The predicted molar refractivity (Wildman–Crippen MR) is 36.9 cm³/mol. The van der Waals surface area contributed by atoms with E-state index >= 15 is 0 Å². The average Bonchev–Trinajstić information content (AvgIpc) is 2.43. The molecule has 0 aromatic carbocycles. The molecule has 3 atom stereocenters. The van der Waals surface area contributed by atoms with Crippen LogP contribution in [0.5, 0.6) is 0 Å². The molecule has 9 heavy (non-hydrogen) atoms. The van der Waals surface area contributed by atoms with Crippen molar-refractivity contribution in [1.29, 1.82) is 0 Å². The first-order valence-electron chi connectivity index (χ1n) is 3.51. The Morgan fingerprint density at radius 1 is 1.89 bits per heavy atom. The van der Waals surface area contributed by atoms with Gasteiger partial charge in [0.05, 0.1) is 6.10 Å². The highest BCUT2D eigenvalue weighted by molar-refractivity contribution is 5.03. The third-order valence-corrected chi connectivity index (χ3v) is 2.72. The molecule has 0 heterocycles. The van der Waals surface area contributed by atoms with E-state index in [1.807, 2.05) is 6.92 Å². The summed E-state index contributed by atoms with van der Waals surface area (Å²) >= 11 is 0. The first-order valence-corrected chi connectivity index (χ1v) is 3.51. The van der Waals surface area contributed by atoms with Gasteiger partial charge in [0, 0.05) is 12.0 Å². The highest BCUT2D eigenvalue weighted by Gasteiger charge is 2.53. The van der Waals surface area contributed by atoms with Crippen molar-refractivity contribution in [3.63, 3.8) is 0 Å². The number of hydrogen-bond acceptors (Lipinski definition) is 2. The summed E-state index contributed by atoms with van der Waals surface area (Å²) in [6.07, 6.45) is 0.874. The summed E-state index contributed by atoms with van der Waals surface area (Å²) in [5.41, 5.74) is 5.58. The number of aliphatic hydroxyl groups excluding tert-OH is 1. The standard InChI is InChI=1S/C7H15NO/c1-5-3-7(5,4-8)6(2)9/h5-6,9H,3-4,8H2,1-2H3/t5-,6+,7-/m0/s1. The molecular weight excluding hydrogens is 114 g/mol. The van der Waals surface area contributed by atoms with Gasteiger partial charge in [0.15, 0.2) is 0 Å². The van der Waals surface area contributed by atoms with E-state index in [0.717, 1.165) is 6.42 Å². The lowest BCUT2D eigenvalue weighted by atomic mass is 9.98. The van der Waals surface area contributed by atoms with Crippen molar-refractivity contribution < 1.29 is 5.11 Å². The van der Waals surface area contributed by atoms with Gasteiger partial charge in [-0.2, -0.15) is 0 Å². The minimum atomic E-state index is -0.225. The van der Waals surface area contributed by atoms with Gasteiger partial charge in [-0.1, -0.05) is 6.92 Å². The van der Waals surface area contributed by atoms with Crippen molar-refractivity contribution in [2.45, 2.75) is 26.4 Å². The van der Waals surface area contributed by atoms with Crippen molar-refractivity contribution in [2.24, 2.45) is 17.1 Å². The Labute approximate surface area is 56.1 Å². The van der Waals surface area contributed by atoms with Gasteiger partial charge in [0.1, 0.15) is 0 Å². The summed E-state index contributed by atoms with van der Waals surface area (Å²) in [5, 5.41) is 9.23. The molecule has 1 rings (SSSR count). The molecule has 1 aliphatic rings. The molecule has 0 unspecified atom stereocenters. The van der Waals surface area contributed by atoms with Crippen LogP contribution in [0, 0.1) is 11.3 Å². The van der Waals surface area contributed by atoms with E-state index < -0.39 is 0 Å². The maximum Gasteiger partial charge on any atom is 0.0583 e. The van der Waals surface area contributed by atoms with Crippen LogP contribution in [0.25, 0.3) is 0 Å². The molecule has 0 spiro atoms. The Bertz CT molecular complexity index is 109. The lowest BCUT2D eigenvalue weighted by molar-refractivity contribution is 0.106. The fraction of sp³-hybridized carbons (Fsp3) is 1.00. The van der Waals surface area contributed by atoms with Crippen LogP contribution in [0.1, 0.15) is 20.3 Å². The van der Waals surface area contributed by atoms with E-state index in [0.29, 0.717) is 12.5 Å². The highest BCUT2D eigenvalue weighted by Crippen LogP contribution is 2.53. The Kier molecular flexibility index (Phi) is 1.53. The summed E-state index contributed by atoms with van der Waals surface area (Å²) in [4.78, 5) is 0. The summed E-state index contributed by atoms with van der Waals surface area (Å²) < 4.78 is 0. The second-order valence-corrected chi connectivity index (χ2v) is 3.22. The molecule has 2 heteroatoms. The van der Waals surface area contributed by atoms with Crippen molar-refractivity contribution in [1.82, 2.24) is 0 Å². The first kappa shape index (κ1) is 7.03. The van der Waals surface area contributed by atoms with E-state index in [1.54, 1.807) is 0 Å². The Hall–Kier alpha value is -0.0800. The molecule has 0 aliphatic heterocycles. The van der Waals surface area contributed by atoms with Gasteiger partial charge in [-0.25, -0.2) is 0 Å². The van der Waals surface area contributed by atoms with Gasteiger partial charge < -0.3 is 10.8 Å². The third kappa shape index (κ3) is 0.864. The van der Waals surface area contributed by atoms with Crippen LogP contribution in [0.4, 0.5) is 0 Å². The van der Waals surface area contributed by atoms with Crippen molar-refractivity contribution in [3.8, 4) is 0 Å².